The van der Waals surface area contributed by atoms with E-state index in [1.807, 2.05) is 12.1 Å². The van der Waals surface area contributed by atoms with Gasteiger partial charge in [0.15, 0.2) is 5.13 Å². The number of thiazole rings is 1. The summed E-state index contributed by atoms with van der Waals surface area (Å²) >= 11 is 13.8. The summed E-state index contributed by atoms with van der Waals surface area (Å²) in [5.41, 5.74) is 8.05. The second-order valence-corrected chi connectivity index (χ2v) is 6.89. The van der Waals surface area contributed by atoms with Gasteiger partial charge >= 0.3 is 0 Å². The topological polar surface area (TPSA) is 42.1 Å². The van der Waals surface area contributed by atoms with Crippen LogP contribution in [0.1, 0.15) is 16.1 Å². The Morgan fingerprint density at radius 1 is 1.25 bits per heavy atom. The predicted molar refractivity (Wildman–Crippen MR) is 85.7 cm³/mol. The second kappa shape index (κ2) is 5.90. The zero-order valence-corrected chi connectivity index (χ0v) is 13.2. The Morgan fingerprint density at radius 2 is 2.05 bits per heavy atom. The average molecular weight is 328 g/mol. The van der Waals surface area contributed by atoms with Crippen molar-refractivity contribution in [3.05, 3.63) is 44.4 Å². The molecule has 1 aliphatic heterocycles. The fraction of sp³-hybridized carbons (Fsp3) is 0.357. The first-order valence-corrected chi connectivity index (χ1v) is 8.09. The summed E-state index contributed by atoms with van der Waals surface area (Å²) in [6.07, 6.45) is 1.96. The number of hydrogen-bond donors (Lipinski definition) is 1. The van der Waals surface area contributed by atoms with Crippen molar-refractivity contribution in [1.82, 2.24) is 9.88 Å². The minimum atomic E-state index is 0.677. The Kier molecular flexibility index (Phi) is 4.17. The third-order valence-electron chi connectivity index (χ3n) is 3.52. The molecule has 0 bridgehead atoms. The zero-order chi connectivity index (χ0) is 14.1. The van der Waals surface area contributed by atoms with Gasteiger partial charge in [0.2, 0.25) is 0 Å². The van der Waals surface area contributed by atoms with Gasteiger partial charge in [0.25, 0.3) is 0 Å². The van der Waals surface area contributed by atoms with Crippen LogP contribution in [0, 0.1) is 0 Å². The van der Waals surface area contributed by atoms with Gasteiger partial charge in [-0.25, -0.2) is 4.98 Å². The Balaban J connectivity index is 1.69. The maximum atomic E-state index is 6.24. The molecule has 0 amide bonds. The first kappa shape index (κ1) is 14.1. The lowest BCUT2D eigenvalue weighted by Crippen LogP contribution is -2.26. The van der Waals surface area contributed by atoms with E-state index in [1.165, 1.54) is 4.88 Å². The Labute approximate surface area is 132 Å². The number of aromatic nitrogens is 1. The first-order chi connectivity index (χ1) is 9.61. The largest absolute Gasteiger partial charge is 0.375 e. The van der Waals surface area contributed by atoms with Crippen LogP contribution < -0.4 is 5.73 Å². The van der Waals surface area contributed by atoms with Gasteiger partial charge in [0, 0.05) is 41.0 Å². The van der Waals surface area contributed by atoms with Gasteiger partial charge in [0.05, 0.1) is 5.69 Å². The quantitative estimate of drug-likeness (QED) is 0.915. The van der Waals surface area contributed by atoms with Crippen LogP contribution in [0.25, 0.3) is 0 Å². The number of nitrogens with two attached hydrogens (primary N) is 1. The third kappa shape index (κ3) is 3.09. The van der Waals surface area contributed by atoms with E-state index < -0.39 is 0 Å². The molecular weight excluding hydrogens is 313 g/mol. The molecule has 0 aliphatic carbocycles. The molecule has 2 N–H and O–H groups in total. The fourth-order valence-electron chi connectivity index (χ4n) is 2.48. The van der Waals surface area contributed by atoms with Crippen molar-refractivity contribution in [2.24, 2.45) is 0 Å². The van der Waals surface area contributed by atoms with E-state index in [0.717, 1.165) is 48.8 Å². The summed E-state index contributed by atoms with van der Waals surface area (Å²) in [5.74, 6) is 0. The Bertz CT molecular complexity index is 601. The zero-order valence-electron chi connectivity index (χ0n) is 10.9. The summed E-state index contributed by atoms with van der Waals surface area (Å²) in [4.78, 5) is 8.14. The molecular formula is C14H15Cl2N3S. The maximum Gasteiger partial charge on any atom is 0.180 e. The van der Waals surface area contributed by atoms with Gasteiger partial charge in [0.1, 0.15) is 0 Å². The Hall–Kier alpha value is -0.810. The second-order valence-electron chi connectivity index (χ2n) is 4.93. The van der Waals surface area contributed by atoms with Gasteiger partial charge < -0.3 is 5.73 Å². The molecule has 20 heavy (non-hydrogen) atoms. The lowest BCUT2D eigenvalue weighted by molar-refractivity contribution is 0.279. The van der Waals surface area contributed by atoms with Crippen molar-refractivity contribution < 1.29 is 0 Å². The predicted octanol–water partition coefficient (Wildman–Crippen LogP) is 3.63. The molecule has 0 saturated carbocycles. The highest BCUT2D eigenvalue weighted by Crippen LogP contribution is 2.26. The highest BCUT2D eigenvalue weighted by Gasteiger charge is 2.18. The van der Waals surface area contributed by atoms with Gasteiger partial charge in [-0.15, -0.1) is 11.3 Å². The number of fused-ring (bicyclic) bond motifs is 1. The molecule has 0 radical (unpaired) electrons. The van der Waals surface area contributed by atoms with Crippen molar-refractivity contribution in [3.8, 4) is 0 Å². The van der Waals surface area contributed by atoms with E-state index in [2.05, 4.69) is 9.88 Å². The van der Waals surface area contributed by atoms with E-state index in [0.29, 0.717) is 10.2 Å². The summed E-state index contributed by atoms with van der Waals surface area (Å²) in [6.45, 7) is 2.84. The fourth-order valence-corrected chi connectivity index (χ4v) is 3.81. The van der Waals surface area contributed by atoms with Gasteiger partial charge in [-0.05, 0) is 24.1 Å². The minimum absolute atomic E-state index is 0.677. The van der Waals surface area contributed by atoms with Crippen LogP contribution in [0.5, 0.6) is 0 Å². The average Bonchev–Trinajstić information content (AvgIpc) is 2.66. The van der Waals surface area contributed by atoms with Gasteiger partial charge in [-0.3, -0.25) is 4.90 Å². The molecule has 0 unspecified atom stereocenters. The van der Waals surface area contributed by atoms with E-state index in [9.17, 15) is 0 Å². The number of halogens is 2. The number of benzene rings is 1. The molecule has 0 atom stereocenters. The van der Waals surface area contributed by atoms with Crippen molar-refractivity contribution in [3.63, 3.8) is 0 Å². The molecule has 106 valence electrons. The molecule has 1 aliphatic rings. The number of nitrogens with zero attached hydrogens (tertiary/aromatic N) is 2. The third-order valence-corrected chi connectivity index (χ3v) is 5.10. The summed E-state index contributed by atoms with van der Waals surface area (Å²) < 4.78 is 0. The lowest BCUT2D eigenvalue weighted by Gasteiger charge is -2.20. The normalized spacial score (nSPS) is 15.9. The van der Waals surface area contributed by atoms with Crippen LogP contribution in [0.2, 0.25) is 10.0 Å². The van der Waals surface area contributed by atoms with E-state index >= 15 is 0 Å². The molecule has 6 heteroatoms. The maximum absolute atomic E-state index is 6.24. The van der Waals surface area contributed by atoms with Crippen LogP contribution in [-0.2, 0) is 19.4 Å². The smallest absolute Gasteiger partial charge is 0.180 e. The van der Waals surface area contributed by atoms with Gasteiger partial charge in [-0.1, -0.05) is 29.3 Å². The van der Waals surface area contributed by atoms with Crippen molar-refractivity contribution >= 4 is 39.7 Å². The minimum Gasteiger partial charge on any atom is -0.375 e. The van der Waals surface area contributed by atoms with E-state index in [4.69, 9.17) is 28.9 Å². The van der Waals surface area contributed by atoms with E-state index in [-0.39, 0.29) is 0 Å². The molecule has 3 rings (SSSR count). The van der Waals surface area contributed by atoms with Crippen LogP contribution in [0.15, 0.2) is 18.2 Å². The molecule has 0 fully saturated rings. The summed E-state index contributed by atoms with van der Waals surface area (Å²) in [6, 6.07) is 5.69. The number of rotatable bonds is 2. The first-order valence-electron chi connectivity index (χ1n) is 6.52. The van der Waals surface area contributed by atoms with Crippen LogP contribution in [-0.4, -0.2) is 23.0 Å². The van der Waals surface area contributed by atoms with E-state index in [1.54, 1.807) is 17.4 Å². The summed E-state index contributed by atoms with van der Waals surface area (Å²) in [7, 11) is 0. The van der Waals surface area contributed by atoms with Gasteiger partial charge in [-0.2, -0.15) is 0 Å². The SMILES string of the molecule is Nc1nc2c(s1)CCN(Cc1ccc(Cl)cc1Cl)CC2. The number of anilines is 1. The number of nitrogen functional groups attached to an aromatic ring is 1. The number of hydrogen-bond acceptors (Lipinski definition) is 4. The molecule has 2 heterocycles. The lowest BCUT2D eigenvalue weighted by atomic mass is 10.2. The molecule has 2 aromatic rings. The molecule has 0 saturated heterocycles. The highest BCUT2D eigenvalue weighted by atomic mass is 35.5. The van der Waals surface area contributed by atoms with Crippen molar-refractivity contribution in [1.29, 1.82) is 0 Å². The standard InChI is InChI=1S/C14H15Cl2N3S/c15-10-2-1-9(11(16)7-10)8-19-5-3-12-13(4-6-19)20-14(17)18-12/h1-2,7H,3-6,8H2,(H2,17,18). The van der Waals surface area contributed by atoms with Crippen molar-refractivity contribution in [2.75, 3.05) is 18.8 Å². The van der Waals surface area contributed by atoms with Crippen LogP contribution in [0.3, 0.4) is 0 Å². The monoisotopic (exact) mass is 327 g/mol. The van der Waals surface area contributed by atoms with Crippen LogP contribution in [0.4, 0.5) is 5.13 Å². The molecule has 1 aromatic carbocycles. The van der Waals surface area contributed by atoms with Crippen molar-refractivity contribution in [2.45, 2.75) is 19.4 Å². The highest BCUT2D eigenvalue weighted by molar-refractivity contribution is 7.15. The van der Waals surface area contributed by atoms with Crippen LogP contribution >= 0.6 is 34.5 Å². The molecule has 0 spiro atoms. The summed E-state index contributed by atoms with van der Waals surface area (Å²) in [5, 5.41) is 2.10. The molecule has 1 aromatic heterocycles. The molecule has 3 nitrogen and oxygen atoms in total. The Morgan fingerprint density at radius 3 is 2.85 bits per heavy atom.